The van der Waals surface area contributed by atoms with Crippen molar-refractivity contribution in [3.05, 3.63) is 23.8 Å². The molecule has 25 heavy (non-hydrogen) atoms. The Hall–Kier alpha value is -1.05. The summed E-state index contributed by atoms with van der Waals surface area (Å²) in [7, 11) is 0. The zero-order chi connectivity index (χ0) is 18.1. The van der Waals surface area contributed by atoms with Crippen molar-refractivity contribution in [2.45, 2.75) is 90.9 Å². The molecule has 0 aromatic heterocycles. The summed E-state index contributed by atoms with van der Waals surface area (Å²) in [5.74, 6) is 2.29. The second-order valence-electron chi connectivity index (χ2n) is 8.33. The maximum absolute atomic E-state index is 11.6. The minimum Gasteiger partial charge on any atom is -0.478 e. The normalized spacial score (nSPS) is 31.4. The zero-order valence-corrected chi connectivity index (χ0v) is 16.4. The highest BCUT2D eigenvalue weighted by molar-refractivity contribution is 5.87. The second-order valence-corrected chi connectivity index (χ2v) is 8.33. The first-order valence-electron chi connectivity index (χ1n) is 10.8. The van der Waals surface area contributed by atoms with Gasteiger partial charge < -0.3 is 5.11 Å². The Morgan fingerprint density at radius 1 is 0.920 bits per heavy atom. The molecular formula is C23H38O2. The Bertz CT molecular complexity index is 447. The van der Waals surface area contributed by atoms with Gasteiger partial charge in [0.2, 0.25) is 0 Å². The fraction of sp³-hybridized carbons (Fsp3) is 0.783. The Kier molecular flexibility index (Phi) is 8.78. The summed E-state index contributed by atoms with van der Waals surface area (Å²) in [6.45, 7) is 4.45. The average molecular weight is 347 g/mol. The highest BCUT2D eigenvalue weighted by Gasteiger charge is 2.32. The fourth-order valence-corrected chi connectivity index (χ4v) is 5.07. The van der Waals surface area contributed by atoms with Crippen LogP contribution < -0.4 is 0 Å². The van der Waals surface area contributed by atoms with Gasteiger partial charge in [-0.05, 0) is 68.6 Å². The van der Waals surface area contributed by atoms with E-state index in [2.05, 4.69) is 19.9 Å². The zero-order valence-electron chi connectivity index (χ0n) is 16.4. The molecule has 0 heterocycles. The molecule has 0 unspecified atom stereocenters. The van der Waals surface area contributed by atoms with Gasteiger partial charge in [0.15, 0.2) is 0 Å². The molecule has 0 aromatic rings. The Morgan fingerprint density at radius 3 is 2.04 bits per heavy atom. The predicted octanol–water partition coefficient (Wildman–Crippen LogP) is 6.77. The van der Waals surface area contributed by atoms with E-state index in [0.717, 1.165) is 43.4 Å². The van der Waals surface area contributed by atoms with Crippen LogP contribution in [0.15, 0.2) is 23.8 Å². The molecule has 2 rings (SSSR count). The molecule has 2 heteroatoms. The highest BCUT2D eigenvalue weighted by Crippen LogP contribution is 2.43. The molecule has 2 nitrogen and oxygen atoms in total. The molecule has 0 spiro atoms. The lowest BCUT2D eigenvalue weighted by atomic mass is 9.68. The minimum atomic E-state index is -0.718. The van der Waals surface area contributed by atoms with Crippen molar-refractivity contribution in [1.82, 2.24) is 0 Å². The highest BCUT2D eigenvalue weighted by atomic mass is 16.4. The third-order valence-electron chi connectivity index (χ3n) is 6.58. The largest absolute Gasteiger partial charge is 0.478 e. The molecule has 2 aliphatic rings. The van der Waals surface area contributed by atoms with Gasteiger partial charge in [-0.25, -0.2) is 4.79 Å². The molecule has 0 saturated heterocycles. The number of unbranched alkanes of at least 4 members (excludes halogenated alkanes) is 1. The van der Waals surface area contributed by atoms with E-state index in [1.54, 1.807) is 0 Å². The molecule has 0 radical (unpaired) electrons. The van der Waals surface area contributed by atoms with Gasteiger partial charge in [-0.1, -0.05) is 64.2 Å². The van der Waals surface area contributed by atoms with Crippen molar-refractivity contribution in [1.29, 1.82) is 0 Å². The van der Waals surface area contributed by atoms with Crippen molar-refractivity contribution in [2.24, 2.45) is 23.7 Å². The van der Waals surface area contributed by atoms with E-state index in [1.165, 1.54) is 51.4 Å². The van der Waals surface area contributed by atoms with E-state index >= 15 is 0 Å². The lowest BCUT2D eigenvalue weighted by Crippen LogP contribution is -2.27. The van der Waals surface area contributed by atoms with Gasteiger partial charge in [0.1, 0.15) is 0 Å². The van der Waals surface area contributed by atoms with Crippen LogP contribution in [-0.2, 0) is 4.79 Å². The molecule has 0 bridgehead atoms. The summed E-state index contributed by atoms with van der Waals surface area (Å²) in [5, 5.41) is 9.57. The predicted molar refractivity (Wildman–Crippen MR) is 106 cm³/mol. The molecule has 142 valence electrons. The molecule has 0 aliphatic heterocycles. The number of carbonyl (C=O) groups is 1. The number of hydrogen-bond acceptors (Lipinski definition) is 1. The smallest absolute Gasteiger partial charge is 0.331 e. The molecule has 2 fully saturated rings. The number of allylic oxidation sites excluding steroid dienone is 3. The average Bonchev–Trinajstić information content (AvgIpc) is 2.63. The Morgan fingerprint density at radius 2 is 1.52 bits per heavy atom. The van der Waals surface area contributed by atoms with Crippen LogP contribution in [0.2, 0.25) is 0 Å². The van der Waals surface area contributed by atoms with Crippen LogP contribution in [0.25, 0.3) is 0 Å². The topological polar surface area (TPSA) is 37.3 Å². The van der Waals surface area contributed by atoms with E-state index in [0.29, 0.717) is 5.57 Å². The number of rotatable bonds is 8. The number of carboxylic acids is 1. The standard InChI is InChI=1S/C23H38O2/c1-3-5-6-7-9-22(23(24)25)21-16-14-20(15-17-21)19-12-10-18(8-4-2)11-13-19/h6-7,9,18-21H,3-5,8,10-17H2,1-2H3,(H,24,25)/b7-6+,22-9+. The first kappa shape index (κ1) is 20.3. The maximum atomic E-state index is 11.6. The maximum Gasteiger partial charge on any atom is 0.331 e. The van der Waals surface area contributed by atoms with Crippen molar-refractivity contribution in [3.8, 4) is 0 Å². The molecule has 2 saturated carbocycles. The van der Waals surface area contributed by atoms with Crippen molar-refractivity contribution in [3.63, 3.8) is 0 Å². The van der Waals surface area contributed by atoms with E-state index in [9.17, 15) is 9.90 Å². The van der Waals surface area contributed by atoms with Crippen LogP contribution in [0, 0.1) is 23.7 Å². The first-order chi connectivity index (χ1) is 12.2. The molecule has 0 amide bonds. The van der Waals surface area contributed by atoms with Gasteiger partial charge in [0.25, 0.3) is 0 Å². The molecule has 2 aliphatic carbocycles. The van der Waals surface area contributed by atoms with Gasteiger partial charge >= 0.3 is 5.97 Å². The second kappa shape index (κ2) is 10.8. The number of aliphatic carboxylic acids is 1. The summed E-state index contributed by atoms with van der Waals surface area (Å²) < 4.78 is 0. The SMILES string of the molecule is CCC/C=C/C=C(/C(=O)O)C1CCC(C2CCC(CCC)CC2)CC1. The lowest BCUT2D eigenvalue weighted by molar-refractivity contribution is -0.133. The number of hydrogen-bond donors (Lipinski definition) is 1. The van der Waals surface area contributed by atoms with Crippen molar-refractivity contribution in [2.75, 3.05) is 0 Å². The van der Waals surface area contributed by atoms with E-state index in [-0.39, 0.29) is 5.92 Å². The summed E-state index contributed by atoms with van der Waals surface area (Å²) in [6.07, 6.45) is 21.1. The van der Waals surface area contributed by atoms with Gasteiger partial charge in [-0.15, -0.1) is 0 Å². The number of carboxylic acid groups (broad SMARTS) is 1. The van der Waals surface area contributed by atoms with Gasteiger partial charge in [0, 0.05) is 5.57 Å². The summed E-state index contributed by atoms with van der Waals surface area (Å²) in [6, 6.07) is 0. The molecule has 0 atom stereocenters. The van der Waals surface area contributed by atoms with E-state index in [4.69, 9.17) is 0 Å². The summed E-state index contributed by atoms with van der Waals surface area (Å²) >= 11 is 0. The van der Waals surface area contributed by atoms with Crippen molar-refractivity contribution >= 4 is 5.97 Å². The van der Waals surface area contributed by atoms with E-state index in [1.807, 2.05) is 12.2 Å². The summed E-state index contributed by atoms with van der Waals surface area (Å²) in [5.41, 5.74) is 0.637. The first-order valence-corrected chi connectivity index (χ1v) is 10.8. The third-order valence-corrected chi connectivity index (χ3v) is 6.58. The molecule has 0 aromatic carbocycles. The van der Waals surface area contributed by atoms with Crippen LogP contribution in [0.5, 0.6) is 0 Å². The lowest BCUT2D eigenvalue weighted by Gasteiger charge is -2.38. The quantitative estimate of drug-likeness (QED) is 0.389. The van der Waals surface area contributed by atoms with Gasteiger partial charge in [-0.2, -0.15) is 0 Å². The Balaban J connectivity index is 1.82. The fourth-order valence-electron chi connectivity index (χ4n) is 5.07. The van der Waals surface area contributed by atoms with Gasteiger partial charge in [0.05, 0.1) is 0 Å². The van der Waals surface area contributed by atoms with Crippen LogP contribution in [-0.4, -0.2) is 11.1 Å². The third kappa shape index (κ3) is 6.31. The van der Waals surface area contributed by atoms with Crippen LogP contribution in [0.1, 0.15) is 90.9 Å². The monoisotopic (exact) mass is 346 g/mol. The Labute approximate surface area is 154 Å². The van der Waals surface area contributed by atoms with Crippen molar-refractivity contribution < 1.29 is 9.90 Å². The summed E-state index contributed by atoms with van der Waals surface area (Å²) in [4.78, 5) is 11.6. The van der Waals surface area contributed by atoms with Crippen LogP contribution in [0.4, 0.5) is 0 Å². The molecular weight excluding hydrogens is 308 g/mol. The van der Waals surface area contributed by atoms with Gasteiger partial charge in [-0.3, -0.25) is 0 Å². The molecule has 1 N–H and O–H groups in total. The van der Waals surface area contributed by atoms with E-state index < -0.39 is 5.97 Å². The van der Waals surface area contributed by atoms with Crippen LogP contribution >= 0.6 is 0 Å². The minimum absolute atomic E-state index is 0.261. The van der Waals surface area contributed by atoms with Crippen LogP contribution in [0.3, 0.4) is 0 Å².